The average molecular weight is 725 g/mol. The first kappa shape index (κ1) is 36.1. The standard InChI is InChI=1S/C22H26F3N3OS.C17H21NO3/c23-22(24,25)17-6-7-21-19(16-17)28(18-4-1-2-5-20(18)30-21)9-3-8-26-10-12-27(13-11-26)14-15-29;1-18-8-7-17-6-5-12(19)9-14(17)21-16-13(20-2)4-3-11(10-18)15(16)17/h1-2,4-7,16,29H,3,8-15H2;3-6,12,14,19H,7-10H2,1-2H3/t;12-,14-,17-/m.0/s1. The summed E-state index contributed by atoms with van der Waals surface area (Å²) in [6.07, 6.45) is 1.90. The Labute approximate surface area is 302 Å². The third-order valence-corrected chi connectivity index (χ3v) is 12.0. The predicted molar refractivity (Wildman–Crippen MR) is 193 cm³/mol. The van der Waals surface area contributed by atoms with Gasteiger partial charge < -0.3 is 34.4 Å². The second kappa shape index (κ2) is 15.0. The Morgan fingerprint density at radius 3 is 2.43 bits per heavy atom. The molecule has 8 nitrogen and oxygen atoms in total. The van der Waals surface area contributed by atoms with E-state index >= 15 is 0 Å². The van der Waals surface area contributed by atoms with E-state index in [0.717, 1.165) is 85.6 Å². The summed E-state index contributed by atoms with van der Waals surface area (Å²) < 4.78 is 51.7. The molecule has 1 saturated heterocycles. The van der Waals surface area contributed by atoms with Crippen molar-refractivity contribution >= 4 is 23.1 Å². The van der Waals surface area contributed by atoms with Crippen LogP contribution < -0.4 is 14.4 Å². The fourth-order valence-electron chi connectivity index (χ4n) is 8.15. The van der Waals surface area contributed by atoms with Gasteiger partial charge in [-0.1, -0.05) is 42.1 Å². The zero-order valence-electron chi connectivity index (χ0n) is 29.2. The van der Waals surface area contributed by atoms with Gasteiger partial charge in [-0.2, -0.15) is 13.2 Å². The molecule has 3 aromatic carbocycles. The SMILES string of the molecule is COc1ccc2c3c1O[C@H]1C[C@@H](O)C=C[C@@]31CCN(C)C2.OCCN1CCN(CCCN2c3ccccc3Sc3ccc(C(F)(F)F)cc32)CC1. The fraction of sp³-hybridized carbons (Fsp3) is 0.487. The van der Waals surface area contributed by atoms with Crippen LogP contribution in [0.2, 0.25) is 0 Å². The van der Waals surface area contributed by atoms with Crippen LogP contribution in [0.1, 0.15) is 36.0 Å². The first-order chi connectivity index (χ1) is 24.6. The Morgan fingerprint density at radius 1 is 0.941 bits per heavy atom. The van der Waals surface area contributed by atoms with E-state index in [0.29, 0.717) is 25.2 Å². The Morgan fingerprint density at radius 2 is 1.69 bits per heavy atom. The molecule has 51 heavy (non-hydrogen) atoms. The number of halogens is 3. The minimum absolute atomic E-state index is 0.00838. The molecule has 0 saturated carbocycles. The van der Waals surface area contributed by atoms with Crippen LogP contribution >= 0.6 is 11.8 Å². The number of ether oxygens (including phenoxy) is 2. The van der Waals surface area contributed by atoms with Gasteiger partial charge in [0.1, 0.15) is 6.10 Å². The van der Waals surface area contributed by atoms with Gasteiger partial charge in [-0.25, -0.2) is 0 Å². The van der Waals surface area contributed by atoms with Crippen LogP contribution in [0.25, 0.3) is 0 Å². The molecule has 5 aliphatic rings. The Balaban J connectivity index is 0.000000169. The molecule has 4 aliphatic heterocycles. The molecular weight excluding hydrogens is 678 g/mol. The van der Waals surface area contributed by atoms with Crippen molar-refractivity contribution in [1.29, 1.82) is 0 Å². The highest BCUT2D eigenvalue weighted by Crippen LogP contribution is 2.56. The lowest BCUT2D eigenvalue weighted by atomic mass is 9.69. The van der Waals surface area contributed by atoms with Crippen LogP contribution in [-0.4, -0.2) is 110 Å². The minimum atomic E-state index is -4.35. The smallest absolute Gasteiger partial charge is 0.416 e. The van der Waals surface area contributed by atoms with Crippen molar-refractivity contribution in [1.82, 2.24) is 14.7 Å². The maximum absolute atomic E-state index is 13.3. The highest BCUT2D eigenvalue weighted by Gasteiger charge is 2.52. The quantitative estimate of drug-likeness (QED) is 0.279. The summed E-state index contributed by atoms with van der Waals surface area (Å²) in [6, 6.07) is 16.1. The van der Waals surface area contributed by atoms with Gasteiger partial charge in [-0.05, 0) is 74.9 Å². The number of hydrogen-bond acceptors (Lipinski definition) is 9. The Kier molecular flexibility index (Phi) is 10.6. The second-order valence-corrected chi connectivity index (χ2v) is 15.2. The molecular formula is C39H47F3N4O4S. The molecule has 8 rings (SSSR count). The highest BCUT2D eigenvalue weighted by molar-refractivity contribution is 7.99. The number of hydrogen-bond donors (Lipinski definition) is 2. The third kappa shape index (κ3) is 7.36. The van der Waals surface area contributed by atoms with E-state index in [4.69, 9.17) is 14.6 Å². The van der Waals surface area contributed by atoms with Gasteiger partial charge in [-0.15, -0.1) is 0 Å². The topological polar surface area (TPSA) is 71.9 Å². The highest BCUT2D eigenvalue weighted by atomic mass is 32.2. The van der Waals surface area contributed by atoms with Crippen molar-refractivity contribution < 1.29 is 32.9 Å². The number of alkyl halides is 3. The number of piperazine rings is 1. The lowest BCUT2D eigenvalue weighted by molar-refractivity contribution is -0.137. The molecule has 0 bridgehead atoms. The van der Waals surface area contributed by atoms with E-state index in [1.807, 2.05) is 41.3 Å². The van der Waals surface area contributed by atoms with Crippen LogP contribution in [0.3, 0.4) is 0 Å². The van der Waals surface area contributed by atoms with Crippen molar-refractivity contribution in [2.24, 2.45) is 0 Å². The van der Waals surface area contributed by atoms with E-state index in [2.05, 4.69) is 33.9 Å². The van der Waals surface area contributed by atoms with Crippen molar-refractivity contribution in [2.75, 3.05) is 78.0 Å². The van der Waals surface area contributed by atoms with Gasteiger partial charge >= 0.3 is 6.18 Å². The van der Waals surface area contributed by atoms with Gasteiger partial charge in [0.2, 0.25) is 0 Å². The number of nitrogens with zero attached hydrogens (tertiary/aromatic N) is 4. The molecule has 1 fully saturated rings. The summed E-state index contributed by atoms with van der Waals surface area (Å²) in [5, 5.41) is 19.0. The number of rotatable bonds is 7. The summed E-state index contributed by atoms with van der Waals surface area (Å²) in [7, 11) is 3.84. The molecule has 1 spiro atoms. The maximum atomic E-state index is 13.3. The molecule has 2 N–H and O–H groups in total. The molecule has 0 amide bonds. The number of methoxy groups -OCH3 is 1. The third-order valence-electron chi connectivity index (χ3n) is 10.8. The number of β-amino-alcohol motifs (C(OH)–C–C–N with tert-alkyl or cyclic N) is 1. The Hall–Kier alpha value is -3.26. The summed E-state index contributed by atoms with van der Waals surface area (Å²) in [4.78, 5) is 11.0. The molecule has 12 heteroatoms. The van der Waals surface area contributed by atoms with Gasteiger partial charge in [0.15, 0.2) is 11.5 Å². The van der Waals surface area contributed by atoms with Gasteiger partial charge in [-0.3, -0.25) is 4.90 Å². The number of aliphatic hydroxyl groups excluding tert-OH is 2. The lowest BCUT2D eigenvalue weighted by Crippen LogP contribution is -2.47. The fourth-order valence-corrected chi connectivity index (χ4v) is 9.23. The minimum Gasteiger partial charge on any atom is -0.493 e. The zero-order valence-corrected chi connectivity index (χ0v) is 30.1. The van der Waals surface area contributed by atoms with Crippen LogP contribution in [0, 0.1) is 0 Å². The molecule has 0 unspecified atom stereocenters. The van der Waals surface area contributed by atoms with E-state index in [9.17, 15) is 18.3 Å². The monoisotopic (exact) mass is 724 g/mol. The van der Waals surface area contributed by atoms with E-state index < -0.39 is 17.8 Å². The first-order valence-corrected chi connectivity index (χ1v) is 18.7. The van der Waals surface area contributed by atoms with Crippen LogP contribution in [0.15, 0.2) is 76.5 Å². The van der Waals surface area contributed by atoms with E-state index in [1.165, 1.54) is 35.0 Å². The molecule has 0 aromatic heterocycles. The lowest BCUT2D eigenvalue weighted by Gasteiger charge is -2.36. The summed E-state index contributed by atoms with van der Waals surface area (Å²) in [5.41, 5.74) is 3.49. The normalized spacial score (nSPS) is 24.3. The van der Waals surface area contributed by atoms with Crippen LogP contribution in [-0.2, 0) is 18.1 Å². The van der Waals surface area contributed by atoms with Crippen LogP contribution in [0.4, 0.5) is 24.5 Å². The predicted octanol–water partition coefficient (Wildman–Crippen LogP) is 6.16. The number of para-hydroxylation sites is 1. The number of anilines is 2. The van der Waals surface area contributed by atoms with Crippen molar-refractivity contribution in [3.63, 3.8) is 0 Å². The van der Waals surface area contributed by atoms with Crippen LogP contribution in [0.5, 0.6) is 11.5 Å². The molecule has 3 aromatic rings. The Bertz CT molecular complexity index is 1730. The summed E-state index contributed by atoms with van der Waals surface area (Å²) in [6.45, 7) is 8.25. The molecule has 274 valence electrons. The largest absolute Gasteiger partial charge is 0.493 e. The van der Waals surface area contributed by atoms with E-state index in [1.54, 1.807) is 13.2 Å². The summed E-state index contributed by atoms with van der Waals surface area (Å²) in [5.74, 6) is 1.68. The number of fused-ring (bicyclic) bond motifs is 2. The summed E-state index contributed by atoms with van der Waals surface area (Å²) >= 11 is 1.53. The molecule has 3 atom stereocenters. The maximum Gasteiger partial charge on any atom is 0.416 e. The zero-order chi connectivity index (χ0) is 35.8. The average Bonchev–Trinajstić information content (AvgIpc) is 3.38. The molecule has 0 radical (unpaired) electrons. The molecule has 1 aliphatic carbocycles. The second-order valence-electron chi connectivity index (χ2n) is 14.1. The van der Waals surface area contributed by atoms with E-state index in [-0.39, 0.29) is 18.1 Å². The van der Waals surface area contributed by atoms with Gasteiger partial charge in [0, 0.05) is 67.6 Å². The van der Waals surface area contributed by atoms with Gasteiger partial charge in [0.05, 0.1) is 42.2 Å². The number of benzene rings is 3. The van der Waals surface area contributed by atoms with Crippen molar-refractivity contribution in [2.45, 2.75) is 59.4 Å². The first-order valence-electron chi connectivity index (χ1n) is 17.8. The molecule has 4 heterocycles. The number of aliphatic hydroxyl groups is 2. The van der Waals surface area contributed by atoms with Crippen molar-refractivity contribution in [3.05, 3.63) is 83.4 Å². The van der Waals surface area contributed by atoms with Gasteiger partial charge in [0.25, 0.3) is 0 Å². The van der Waals surface area contributed by atoms with Crippen molar-refractivity contribution in [3.8, 4) is 11.5 Å².